The van der Waals surface area contributed by atoms with E-state index in [1.165, 1.54) is 22.5 Å². The van der Waals surface area contributed by atoms with Crippen LogP contribution in [0.25, 0.3) is 11.1 Å². The molecule has 10 nitrogen and oxygen atoms in total. The molecule has 156 valence electrons. The summed E-state index contributed by atoms with van der Waals surface area (Å²) < 4.78 is 37.0. The quantitative estimate of drug-likeness (QED) is 0.621. The number of sulfonamides is 1. The van der Waals surface area contributed by atoms with Crippen molar-refractivity contribution in [2.45, 2.75) is 11.3 Å². The molecule has 0 spiro atoms. The minimum Gasteiger partial charge on any atom is -0.483 e. The largest absolute Gasteiger partial charge is 0.483 e. The van der Waals surface area contributed by atoms with Gasteiger partial charge in [0.1, 0.15) is 0 Å². The molecule has 2 heterocycles. The molecule has 2 N–H and O–H groups in total. The molecule has 0 saturated carbocycles. The summed E-state index contributed by atoms with van der Waals surface area (Å²) in [5, 5.41) is 6.89. The fraction of sp³-hybridized carbons (Fsp3) is 0.529. The number of H-pyrrole nitrogens is 1. The smallest absolute Gasteiger partial charge is 0.417 e. The Morgan fingerprint density at radius 2 is 2.18 bits per heavy atom. The molecule has 0 radical (unpaired) electrons. The number of nitrogens with zero attached hydrogens (tertiary/aromatic N) is 2. The molecule has 1 fully saturated rings. The summed E-state index contributed by atoms with van der Waals surface area (Å²) in [6.07, 6.45) is 0.970. The van der Waals surface area contributed by atoms with Gasteiger partial charge in [0, 0.05) is 33.8 Å². The van der Waals surface area contributed by atoms with E-state index in [2.05, 4.69) is 9.88 Å². The van der Waals surface area contributed by atoms with Gasteiger partial charge in [0.2, 0.25) is 10.0 Å². The number of ether oxygens (including phenoxy) is 1. The maximum atomic E-state index is 12.8. The third-order valence-electron chi connectivity index (χ3n) is 4.60. The number of benzene rings is 1. The van der Waals surface area contributed by atoms with E-state index in [4.69, 9.17) is 19.1 Å². The van der Waals surface area contributed by atoms with Gasteiger partial charge < -0.3 is 19.2 Å². The molecule has 3 rings (SSSR count). The molecule has 2 aromatic rings. The third kappa shape index (κ3) is 5.41. The van der Waals surface area contributed by atoms with Crippen LogP contribution in [-0.4, -0.2) is 81.1 Å². The fourth-order valence-corrected chi connectivity index (χ4v) is 4.49. The van der Waals surface area contributed by atoms with Crippen LogP contribution in [-0.2, 0) is 19.6 Å². The molecule has 11 heteroatoms. The first-order chi connectivity index (χ1) is 13.3. The number of nitrogens with one attached hydrogen (secondary N) is 1. The number of carbonyl (C=O) groups is 1. The highest BCUT2D eigenvalue weighted by molar-refractivity contribution is 7.89. The number of likely N-dealkylation sites (tertiary alicyclic amines) is 1. The maximum Gasteiger partial charge on any atom is 0.417 e. The number of carboxylic acid groups (broad SMARTS) is 1. The van der Waals surface area contributed by atoms with Gasteiger partial charge in [0.25, 0.3) is 6.47 Å². The average Bonchev–Trinajstić information content (AvgIpc) is 3.24. The summed E-state index contributed by atoms with van der Waals surface area (Å²) in [4.78, 5) is 24.5. The highest BCUT2D eigenvalue weighted by Crippen LogP contribution is 2.23. The summed E-state index contributed by atoms with van der Waals surface area (Å²) in [6, 6.07) is 4.39. The standard InChI is InChI=1S/C16H23N3O5S.CH2O2/c1-18(10-12-5-6-19(11-12)7-8-23-2)25(21,22)13-3-4-15-14(9-13)17-16(20)24-15;2-1-3/h3-4,9,12H,5-8,10-11H2,1-2H3,(H,17,20);1H,(H,2,3). The van der Waals surface area contributed by atoms with Gasteiger partial charge in [-0.05, 0) is 37.1 Å². The molecule has 1 atom stereocenters. The first-order valence-electron chi connectivity index (χ1n) is 8.70. The van der Waals surface area contributed by atoms with Crippen molar-refractivity contribution in [3.63, 3.8) is 0 Å². The normalized spacial score (nSPS) is 17.6. The highest BCUT2D eigenvalue weighted by atomic mass is 32.2. The summed E-state index contributed by atoms with van der Waals surface area (Å²) in [7, 11) is -0.345. The lowest BCUT2D eigenvalue weighted by Gasteiger charge is -2.21. The predicted molar refractivity (Wildman–Crippen MR) is 102 cm³/mol. The first kappa shape index (κ1) is 22.1. The summed E-state index contributed by atoms with van der Waals surface area (Å²) >= 11 is 0. The van der Waals surface area contributed by atoms with Crippen molar-refractivity contribution in [2.24, 2.45) is 5.92 Å². The number of rotatable bonds is 7. The predicted octanol–water partition coefficient (Wildman–Crippen LogP) is 0.411. The molecule has 0 bridgehead atoms. The summed E-state index contributed by atoms with van der Waals surface area (Å²) in [5.41, 5.74) is 0.724. The Bertz CT molecular complexity index is 938. The lowest BCUT2D eigenvalue weighted by Crippen LogP contribution is -2.33. The Kier molecular flexibility index (Phi) is 7.75. The first-order valence-corrected chi connectivity index (χ1v) is 10.1. The van der Waals surface area contributed by atoms with E-state index in [9.17, 15) is 13.2 Å². The zero-order valence-corrected chi connectivity index (χ0v) is 16.6. The van der Waals surface area contributed by atoms with Crippen molar-refractivity contribution in [2.75, 3.05) is 46.9 Å². The lowest BCUT2D eigenvalue weighted by atomic mass is 10.1. The van der Waals surface area contributed by atoms with E-state index in [1.54, 1.807) is 14.2 Å². The average molecular weight is 415 g/mol. The zero-order valence-electron chi connectivity index (χ0n) is 15.8. The van der Waals surface area contributed by atoms with Gasteiger partial charge in [-0.25, -0.2) is 17.5 Å². The van der Waals surface area contributed by atoms with E-state index < -0.39 is 15.8 Å². The van der Waals surface area contributed by atoms with Gasteiger partial charge in [0.05, 0.1) is 17.0 Å². The van der Waals surface area contributed by atoms with Gasteiger partial charge in [-0.2, -0.15) is 0 Å². The molecular weight excluding hydrogens is 390 g/mol. The summed E-state index contributed by atoms with van der Waals surface area (Å²) in [6.45, 7) is 3.60. The van der Waals surface area contributed by atoms with Crippen LogP contribution >= 0.6 is 0 Å². The lowest BCUT2D eigenvalue weighted by molar-refractivity contribution is -0.122. The Balaban J connectivity index is 0.000000878. The Hall–Kier alpha value is -2.21. The SMILES string of the molecule is COCCN1CCC(CN(C)S(=O)(=O)c2ccc3oc(=O)[nH]c3c2)C1.O=CO. The molecule has 1 unspecified atom stereocenters. The second-order valence-electron chi connectivity index (χ2n) is 6.51. The van der Waals surface area contributed by atoms with Crippen LogP contribution in [0.3, 0.4) is 0 Å². The second kappa shape index (κ2) is 9.82. The van der Waals surface area contributed by atoms with Crippen LogP contribution in [0.4, 0.5) is 0 Å². The van der Waals surface area contributed by atoms with Crippen LogP contribution in [0.1, 0.15) is 6.42 Å². The van der Waals surface area contributed by atoms with E-state index in [0.29, 0.717) is 30.2 Å². The van der Waals surface area contributed by atoms with Crippen LogP contribution in [0, 0.1) is 5.92 Å². The highest BCUT2D eigenvalue weighted by Gasteiger charge is 2.28. The van der Waals surface area contributed by atoms with Crippen molar-refractivity contribution in [3.8, 4) is 0 Å². The van der Waals surface area contributed by atoms with Gasteiger partial charge >= 0.3 is 5.76 Å². The Morgan fingerprint density at radius 3 is 2.86 bits per heavy atom. The molecule has 1 aromatic carbocycles. The van der Waals surface area contributed by atoms with Crippen molar-refractivity contribution in [1.82, 2.24) is 14.2 Å². The van der Waals surface area contributed by atoms with Gasteiger partial charge in [-0.15, -0.1) is 0 Å². The van der Waals surface area contributed by atoms with Crippen LogP contribution in [0.15, 0.2) is 32.3 Å². The molecule has 1 saturated heterocycles. The molecule has 28 heavy (non-hydrogen) atoms. The van der Waals surface area contributed by atoms with E-state index in [-0.39, 0.29) is 11.4 Å². The minimum atomic E-state index is -3.62. The Morgan fingerprint density at radius 1 is 1.46 bits per heavy atom. The number of fused-ring (bicyclic) bond motifs is 1. The number of aromatic amines is 1. The molecule has 0 amide bonds. The van der Waals surface area contributed by atoms with Crippen molar-refractivity contribution in [3.05, 3.63) is 28.7 Å². The maximum absolute atomic E-state index is 12.8. The molecule has 1 aliphatic rings. The molecule has 0 aliphatic carbocycles. The van der Waals surface area contributed by atoms with E-state index in [0.717, 1.165) is 26.1 Å². The number of oxazole rings is 1. The van der Waals surface area contributed by atoms with Gasteiger partial charge in [-0.3, -0.25) is 9.78 Å². The minimum absolute atomic E-state index is 0.147. The van der Waals surface area contributed by atoms with Gasteiger partial charge in [0.15, 0.2) is 5.58 Å². The molecule has 1 aromatic heterocycles. The van der Waals surface area contributed by atoms with Crippen molar-refractivity contribution >= 4 is 27.6 Å². The molecule has 1 aliphatic heterocycles. The Labute approximate surface area is 162 Å². The third-order valence-corrected chi connectivity index (χ3v) is 6.41. The second-order valence-corrected chi connectivity index (χ2v) is 8.56. The van der Waals surface area contributed by atoms with Crippen LogP contribution in [0.2, 0.25) is 0 Å². The number of methoxy groups -OCH3 is 1. The van der Waals surface area contributed by atoms with Crippen molar-refractivity contribution in [1.29, 1.82) is 0 Å². The number of aromatic nitrogens is 1. The monoisotopic (exact) mass is 415 g/mol. The zero-order chi connectivity index (χ0) is 20.7. The van der Waals surface area contributed by atoms with E-state index in [1.807, 2.05) is 0 Å². The number of hydrogen-bond donors (Lipinski definition) is 2. The van der Waals surface area contributed by atoms with Crippen LogP contribution in [0.5, 0.6) is 0 Å². The number of hydrogen-bond acceptors (Lipinski definition) is 7. The fourth-order valence-electron chi connectivity index (χ4n) is 3.22. The summed E-state index contributed by atoms with van der Waals surface area (Å²) in [5.74, 6) is -0.297. The van der Waals surface area contributed by atoms with Crippen LogP contribution < -0.4 is 5.76 Å². The van der Waals surface area contributed by atoms with Gasteiger partial charge in [-0.1, -0.05) is 0 Å². The van der Waals surface area contributed by atoms with E-state index >= 15 is 0 Å². The molecular formula is C17H25N3O7S. The topological polar surface area (TPSA) is 133 Å². The van der Waals surface area contributed by atoms with Crippen molar-refractivity contribution < 1.29 is 27.5 Å².